The summed E-state index contributed by atoms with van der Waals surface area (Å²) in [4.78, 5) is 25.9. The number of carbonyl (C=O) groups excluding carboxylic acids is 1. The van der Waals surface area contributed by atoms with Gasteiger partial charge in [-0.2, -0.15) is 0 Å². The third kappa shape index (κ3) is 3.84. The van der Waals surface area contributed by atoms with E-state index in [9.17, 15) is 9.59 Å². The van der Waals surface area contributed by atoms with E-state index < -0.39 is 11.9 Å². The van der Waals surface area contributed by atoms with Crippen LogP contribution in [0, 0.1) is 5.92 Å². The molecule has 0 fully saturated rings. The average molecular weight is 288 g/mol. The highest BCUT2D eigenvalue weighted by atomic mass is 16.4. The fourth-order valence-corrected chi connectivity index (χ4v) is 2.32. The van der Waals surface area contributed by atoms with Gasteiger partial charge in [0.05, 0.1) is 5.92 Å². The van der Waals surface area contributed by atoms with Crippen LogP contribution < -0.4 is 5.32 Å². The van der Waals surface area contributed by atoms with Gasteiger partial charge >= 0.3 is 5.97 Å². The van der Waals surface area contributed by atoms with E-state index in [0.29, 0.717) is 19.3 Å². The molecule has 0 saturated heterocycles. The van der Waals surface area contributed by atoms with Crippen LogP contribution in [0.5, 0.6) is 0 Å². The fourth-order valence-electron chi connectivity index (χ4n) is 2.32. The SMILES string of the molecule is CCC(CNC(=O)CCc1c[nH]c2ccccc12)C(=O)O. The molecule has 3 N–H and O–H groups in total. The summed E-state index contributed by atoms with van der Waals surface area (Å²) < 4.78 is 0. The molecule has 1 amide bonds. The zero-order chi connectivity index (χ0) is 15.2. The van der Waals surface area contributed by atoms with Gasteiger partial charge in [-0.25, -0.2) is 0 Å². The second-order valence-electron chi connectivity index (χ2n) is 5.11. The molecule has 2 rings (SSSR count). The van der Waals surface area contributed by atoms with Gasteiger partial charge < -0.3 is 15.4 Å². The molecule has 1 aromatic carbocycles. The maximum Gasteiger partial charge on any atom is 0.308 e. The Kier molecular flexibility index (Phi) is 4.98. The summed E-state index contributed by atoms with van der Waals surface area (Å²) in [5.41, 5.74) is 2.16. The van der Waals surface area contributed by atoms with Gasteiger partial charge in [-0.3, -0.25) is 9.59 Å². The predicted octanol–water partition coefficient (Wildman–Crippen LogP) is 2.33. The van der Waals surface area contributed by atoms with Gasteiger partial charge in [0, 0.05) is 30.1 Å². The van der Waals surface area contributed by atoms with Crippen LogP contribution in [0.2, 0.25) is 0 Å². The van der Waals surface area contributed by atoms with Crippen molar-refractivity contribution in [1.82, 2.24) is 10.3 Å². The summed E-state index contributed by atoms with van der Waals surface area (Å²) in [5, 5.41) is 12.8. The number of benzene rings is 1. The van der Waals surface area contributed by atoms with Gasteiger partial charge in [0.25, 0.3) is 0 Å². The summed E-state index contributed by atoms with van der Waals surface area (Å²) >= 11 is 0. The Morgan fingerprint density at radius 3 is 2.81 bits per heavy atom. The monoisotopic (exact) mass is 288 g/mol. The lowest BCUT2D eigenvalue weighted by molar-refractivity contribution is -0.141. The van der Waals surface area contributed by atoms with Crippen LogP contribution in [0.25, 0.3) is 10.9 Å². The fraction of sp³-hybridized carbons (Fsp3) is 0.375. The number of hydrogen-bond acceptors (Lipinski definition) is 2. The number of rotatable bonds is 7. The summed E-state index contributed by atoms with van der Waals surface area (Å²) in [5.74, 6) is -1.49. The molecule has 0 saturated carbocycles. The number of nitrogens with one attached hydrogen (secondary N) is 2. The van der Waals surface area contributed by atoms with Gasteiger partial charge in [0.2, 0.25) is 5.91 Å². The van der Waals surface area contributed by atoms with Crippen LogP contribution in [0.4, 0.5) is 0 Å². The number of fused-ring (bicyclic) bond motifs is 1. The number of para-hydroxylation sites is 1. The maximum atomic E-state index is 11.8. The molecule has 2 aromatic rings. The summed E-state index contributed by atoms with van der Waals surface area (Å²) in [6.07, 6.45) is 3.43. The Bertz CT molecular complexity index is 633. The van der Waals surface area contributed by atoms with Crippen molar-refractivity contribution in [3.8, 4) is 0 Å². The second-order valence-corrected chi connectivity index (χ2v) is 5.11. The lowest BCUT2D eigenvalue weighted by Crippen LogP contribution is -2.32. The molecule has 0 spiro atoms. The topological polar surface area (TPSA) is 82.2 Å². The lowest BCUT2D eigenvalue weighted by atomic mass is 10.1. The molecule has 0 aliphatic rings. The van der Waals surface area contributed by atoms with E-state index in [0.717, 1.165) is 16.5 Å². The summed E-state index contributed by atoms with van der Waals surface area (Å²) in [6.45, 7) is 2.00. The smallest absolute Gasteiger partial charge is 0.308 e. The first kappa shape index (κ1) is 15.1. The number of carboxylic acids is 1. The third-order valence-electron chi connectivity index (χ3n) is 3.68. The quantitative estimate of drug-likeness (QED) is 0.731. The van der Waals surface area contributed by atoms with Crippen molar-refractivity contribution in [2.75, 3.05) is 6.54 Å². The molecule has 21 heavy (non-hydrogen) atoms. The molecule has 5 nitrogen and oxygen atoms in total. The molecule has 1 aromatic heterocycles. The third-order valence-corrected chi connectivity index (χ3v) is 3.68. The molecule has 1 atom stereocenters. The van der Waals surface area contributed by atoms with Crippen molar-refractivity contribution < 1.29 is 14.7 Å². The minimum absolute atomic E-state index is 0.111. The van der Waals surface area contributed by atoms with Crippen LogP contribution in [0.3, 0.4) is 0 Å². The molecule has 0 aliphatic carbocycles. The molecular weight excluding hydrogens is 268 g/mol. The largest absolute Gasteiger partial charge is 0.481 e. The van der Waals surface area contributed by atoms with Crippen LogP contribution in [0.15, 0.2) is 30.5 Å². The molecule has 5 heteroatoms. The predicted molar refractivity (Wildman–Crippen MR) is 81.0 cm³/mol. The molecular formula is C16H20N2O3. The number of aryl methyl sites for hydroxylation is 1. The zero-order valence-electron chi connectivity index (χ0n) is 12.1. The van der Waals surface area contributed by atoms with Crippen molar-refractivity contribution in [3.05, 3.63) is 36.0 Å². The van der Waals surface area contributed by atoms with Gasteiger partial charge in [-0.05, 0) is 24.5 Å². The number of aromatic nitrogens is 1. The lowest BCUT2D eigenvalue weighted by Gasteiger charge is -2.10. The number of aliphatic carboxylic acids is 1. The average Bonchev–Trinajstić information content (AvgIpc) is 2.88. The Labute approximate surface area is 123 Å². The second kappa shape index (κ2) is 6.92. The Morgan fingerprint density at radius 1 is 1.33 bits per heavy atom. The standard InChI is InChI=1S/C16H20N2O3/c1-2-11(16(20)21)9-18-15(19)8-7-12-10-17-14-6-4-3-5-13(12)14/h3-6,10-11,17H,2,7-9H2,1H3,(H,18,19)(H,20,21). The highest BCUT2D eigenvalue weighted by Crippen LogP contribution is 2.18. The molecule has 1 unspecified atom stereocenters. The Balaban J connectivity index is 1.85. The zero-order valence-corrected chi connectivity index (χ0v) is 12.1. The van der Waals surface area contributed by atoms with Crippen LogP contribution >= 0.6 is 0 Å². The molecule has 0 bridgehead atoms. The first-order chi connectivity index (χ1) is 10.1. The van der Waals surface area contributed by atoms with Gasteiger partial charge in [0.15, 0.2) is 0 Å². The number of hydrogen-bond donors (Lipinski definition) is 3. The minimum atomic E-state index is -0.866. The van der Waals surface area contributed by atoms with Gasteiger partial charge in [0.1, 0.15) is 0 Å². The van der Waals surface area contributed by atoms with E-state index in [1.165, 1.54) is 0 Å². The van der Waals surface area contributed by atoms with Crippen LogP contribution in [-0.2, 0) is 16.0 Å². The van der Waals surface area contributed by atoms with E-state index in [1.807, 2.05) is 30.5 Å². The number of carbonyl (C=O) groups is 2. The normalized spacial score (nSPS) is 12.2. The highest BCUT2D eigenvalue weighted by Gasteiger charge is 2.15. The Hall–Kier alpha value is -2.30. The minimum Gasteiger partial charge on any atom is -0.481 e. The van der Waals surface area contributed by atoms with Crippen LogP contribution in [0.1, 0.15) is 25.3 Å². The van der Waals surface area contributed by atoms with Crippen molar-refractivity contribution in [1.29, 1.82) is 0 Å². The first-order valence-electron chi connectivity index (χ1n) is 7.16. The number of aromatic amines is 1. The molecule has 0 radical (unpaired) electrons. The Morgan fingerprint density at radius 2 is 2.10 bits per heavy atom. The van der Waals surface area contributed by atoms with E-state index in [4.69, 9.17) is 5.11 Å². The van der Waals surface area contributed by atoms with Crippen molar-refractivity contribution in [2.45, 2.75) is 26.2 Å². The summed E-state index contributed by atoms with van der Waals surface area (Å²) in [6, 6.07) is 7.96. The van der Waals surface area contributed by atoms with Crippen molar-refractivity contribution in [3.63, 3.8) is 0 Å². The number of amides is 1. The molecule has 1 heterocycles. The first-order valence-corrected chi connectivity index (χ1v) is 7.16. The maximum absolute atomic E-state index is 11.8. The summed E-state index contributed by atoms with van der Waals surface area (Å²) in [7, 11) is 0. The number of H-pyrrole nitrogens is 1. The van der Waals surface area contributed by atoms with E-state index in [1.54, 1.807) is 6.92 Å². The van der Waals surface area contributed by atoms with E-state index >= 15 is 0 Å². The van der Waals surface area contributed by atoms with Crippen molar-refractivity contribution in [2.24, 2.45) is 5.92 Å². The van der Waals surface area contributed by atoms with Crippen molar-refractivity contribution >= 4 is 22.8 Å². The molecule has 0 aliphatic heterocycles. The molecule has 112 valence electrons. The van der Waals surface area contributed by atoms with Gasteiger partial charge in [-0.15, -0.1) is 0 Å². The van der Waals surface area contributed by atoms with Gasteiger partial charge in [-0.1, -0.05) is 25.1 Å². The van der Waals surface area contributed by atoms with Crippen LogP contribution in [-0.4, -0.2) is 28.5 Å². The van der Waals surface area contributed by atoms with E-state index in [2.05, 4.69) is 10.3 Å². The van der Waals surface area contributed by atoms with E-state index in [-0.39, 0.29) is 12.5 Å². The highest BCUT2D eigenvalue weighted by molar-refractivity contribution is 5.84. The number of carboxylic acid groups (broad SMARTS) is 1.